The summed E-state index contributed by atoms with van der Waals surface area (Å²) in [5, 5.41) is 1.46. The van der Waals surface area contributed by atoms with Crippen molar-refractivity contribution in [1.82, 2.24) is 4.90 Å². The highest BCUT2D eigenvalue weighted by atomic mass is 35.5. The molecular formula is C23H20ClNO3. The largest absolute Gasteiger partial charge is 0.467 e. The van der Waals surface area contributed by atoms with Crippen molar-refractivity contribution in [1.29, 1.82) is 0 Å². The summed E-state index contributed by atoms with van der Waals surface area (Å²) in [4.78, 5) is 15.1. The van der Waals surface area contributed by atoms with Gasteiger partial charge >= 0.3 is 0 Å². The first kappa shape index (κ1) is 18.4. The molecule has 0 spiro atoms. The van der Waals surface area contributed by atoms with E-state index in [1.54, 1.807) is 23.3 Å². The van der Waals surface area contributed by atoms with Gasteiger partial charge in [0.05, 0.1) is 12.8 Å². The SMILES string of the molecule is Cc1ccc(CN(Cc2ccco2)C(=O)c2oc3ccc(Cl)cc3c2C)cc1. The molecule has 0 bridgehead atoms. The Hall–Kier alpha value is -2.98. The fraction of sp³-hybridized carbons (Fsp3) is 0.174. The highest BCUT2D eigenvalue weighted by Gasteiger charge is 2.24. The number of halogens is 1. The van der Waals surface area contributed by atoms with Crippen molar-refractivity contribution < 1.29 is 13.6 Å². The first-order valence-corrected chi connectivity index (χ1v) is 9.45. The predicted molar refractivity (Wildman–Crippen MR) is 109 cm³/mol. The summed E-state index contributed by atoms with van der Waals surface area (Å²) >= 11 is 6.11. The van der Waals surface area contributed by atoms with Gasteiger partial charge in [0.25, 0.3) is 5.91 Å². The molecule has 4 rings (SSSR count). The predicted octanol–water partition coefficient (Wildman–Crippen LogP) is 6.14. The molecule has 0 N–H and O–H groups in total. The van der Waals surface area contributed by atoms with Gasteiger partial charge in [0.15, 0.2) is 5.76 Å². The Morgan fingerprint density at radius 1 is 1.04 bits per heavy atom. The third-order valence-corrected chi connectivity index (χ3v) is 5.04. The van der Waals surface area contributed by atoms with Gasteiger partial charge in [-0.3, -0.25) is 4.79 Å². The van der Waals surface area contributed by atoms with Crippen LogP contribution in [0.1, 0.15) is 33.0 Å². The van der Waals surface area contributed by atoms with Gasteiger partial charge in [-0.1, -0.05) is 41.4 Å². The lowest BCUT2D eigenvalue weighted by Gasteiger charge is -2.21. The van der Waals surface area contributed by atoms with Gasteiger partial charge in [0.2, 0.25) is 0 Å². The maximum absolute atomic E-state index is 13.4. The minimum atomic E-state index is -0.179. The maximum atomic E-state index is 13.4. The van der Waals surface area contributed by atoms with E-state index in [2.05, 4.69) is 0 Å². The number of hydrogen-bond donors (Lipinski definition) is 0. The molecule has 0 fully saturated rings. The van der Waals surface area contributed by atoms with E-state index in [-0.39, 0.29) is 5.91 Å². The Morgan fingerprint density at radius 3 is 2.54 bits per heavy atom. The van der Waals surface area contributed by atoms with Crippen molar-refractivity contribution in [2.75, 3.05) is 0 Å². The summed E-state index contributed by atoms with van der Waals surface area (Å²) in [7, 11) is 0. The van der Waals surface area contributed by atoms with Crippen molar-refractivity contribution >= 4 is 28.5 Å². The molecule has 2 heterocycles. The normalized spacial score (nSPS) is 11.1. The first-order chi connectivity index (χ1) is 13.5. The lowest BCUT2D eigenvalue weighted by atomic mass is 10.1. The molecular weight excluding hydrogens is 374 g/mol. The molecule has 4 aromatic rings. The number of nitrogens with zero attached hydrogens (tertiary/aromatic N) is 1. The van der Waals surface area contributed by atoms with Crippen LogP contribution in [0.4, 0.5) is 0 Å². The molecule has 0 unspecified atom stereocenters. The monoisotopic (exact) mass is 393 g/mol. The van der Waals surface area contributed by atoms with Crippen molar-refractivity contribution in [2.45, 2.75) is 26.9 Å². The minimum absolute atomic E-state index is 0.179. The average molecular weight is 394 g/mol. The standard InChI is InChI=1S/C23H20ClNO3/c1-15-5-7-17(8-6-15)13-25(14-19-4-3-11-27-19)23(26)22-16(2)20-12-18(24)9-10-21(20)28-22/h3-12H,13-14H2,1-2H3. The van der Waals surface area contributed by atoms with E-state index in [0.717, 1.165) is 22.3 Å². The summed E-state index contributed by atoms with van der Waals surface area (Å²) in [6.07, 6.45) is 1.61. The first-order valence-electron chi connectivity index (χ1n) is 9.07. The fourth-order valence-electron chi connectivity index (χ4n) is 3.24. The molecule has 0 aliphatic carbocycles. The van der Waals surface area contributed by atoms with Gasteiger partial charge in [-0.05, 0) is 49.7 Å². The van der Waals surface area contributed by atoms with Gasteiger partial charge in [0, 0.05) is 22.5 Å². The van der Waals surface area contributed by atoms with Crippen LogP contribution in [0.5, 0.6) is 0 Å². The average Bonchev–Trinajstić information content (AvgIpc) is 3.31. The quantitative estimate of drug-likeness (QED) is 0.409. The maximum Gasteiger partial charge on any atom is 0.290 e. The fourth-order valence-corrected chi connectivity index (χ4v) is 3.42. The Kier molecular flexibility index (Phi) is 4.97. The molecule has 0 atom stereocenters. The molecule has 2 aromatic carbocycles. The number of rotatable bonds is 5. The van der Waals surface area contributed by atoms with Crippen LogP contribution in [0, 0.1) is 13.8 Å². The highest BCUT2D eigenvalue weighted by molar-refractivity contribution is 6.31. The Labute approximate surface area is 168 Å². The summed E-state index contributed by atoms with van der Waals surface area (Å²) in [6, 6.07) is 17.2. The van der Waals surface area contributed by atoms with Crippen LogP contribution in [-0.2, 0) is 13.1 Å². The third-order valence-electron chi connectivity index (χ3n) is 4.80. The van der Waals surface area contributed by atoms with Crippen LogP contribution < -0.4 is 0 Å². The Bertz CT molecular complexity index is 1110. The van der Waals surface area contributed by atoms with Gasteiger partial charge in [-0.15, -0.1) is 0 Å². The van der Waals surface area contributed by atoms with E-state index in [1.165, 1.54) is 5.56 Å². The zero-order valence-electron chi connectivity index (χ0n) is 15.7. The second kappa shape index (κ2) is 7.56. The van der Waals surface area contributed by atoms with Gasteiger partial charge in [-0.2, -0.15) is 0 Å². The molecule has 1 amide bonds. The van der Waals surface area contributed by atoms with Gasteiger partial charge < -0.3 is 13.7 Å². The molecule has 0 radical (unpaired) electrons. The Balaban J connectivity index is 1.69. The van der Waals surface area contributed by atoms with Crippen molar-refractivity contribution in [2.24, 2.45) is 0 Å². The second-order valence-corrected chi connectivity index (χ2v) is 7.36. The number of hydrogen-bond acceptors (Lipinski definition) is 3. The smallest absolute Gasteiger partial charge is 0.290 e. The molecule has 0 saturated heterocycles. The van der Waals surface area contributed by atoms with E-state index in [4.69, 9.17) is 20.4 Å². The second-order valence-electron chi connectivity index (χ2n) is 6.92. The van der Waals surface area contributed by atoms with E-state index in [0.29, 0.717) is 29.5 Å². The molecule has 5 heteroatoms. The summed E-state index contributed by atoms with van der Waals surface area (Å²) in [5.41, 5.74) is 3.66. The molecule has 0 saturated carbocycles. The van der Waals surface area contributed by atoms with Crippen LogP contribution in [0.3, 0.4) is 0 Å². The third kappa shape index (κ3) is 3.69. The van der Waals surface area contributed by atoms with Crippen molar-refractivity contribution in [3.05, 3.63) is 94.1 Å². The zero-order chi connectivity index (χ0) is 19.7. The van der Waals surface area contributed by atoms with Gasteiger partial charge in [-0.25, -0.2) is 0 Å². The van der Waals surface area contributed by atoms with E-state index >= 15 is 0 Å². The number of benzene rings is 2. The molecule has 0 aliphatic rings. The number of furan rings is 2. The summed E-state index contributed by atoms with van der Waals surface area (Å²) < 4.78 is 11.4. The van der Waals surface area contributed by atoms with Crippen molar-refractivity contribution in [3.8, 4) is 0 Å². The number of carbonyl (C=O) groups is 1. The van der Waals surface area contributed by atoms with Crippen molar-refractivity contribution in [3.63, 3.8) is 0 Å². The van der Waals surface area contributed by atoms with Crippen LogP contribution >= 0.6 is 11.6 Å². The number of carbonyl (C=O) groups excluding carboxylic acids is 1. The lowest BCUT2D eigenvalue weighted by Crippen LogP contribution is -2.30. The Morgan fingerprint density at radius 2 is 1.82 bits per heavy atom. The molecule has 2 aromatic heterocycles. The van der Waals surface area contributed by atoms with E-state index < -0.39 is 0 Å². The van der Waals surface area contributed by atoms with Crippen LogP contribution in [0.15, 0.2) is 69.7 Å². The van der Waals surface area contributed by atoms with Gasteiger partial charge in [0.1, 0.15) is 11.3 Å². The number of fused-ring (bicyclic) bond motifs is 1. The molecule has 4 nitrogen and oxygen atoms in total. The number of aryl methyl sites for hydroxylation is 2. The van der Waals surface area contributed by atoms with E-state index in [9.17, 15) is 4.79 Å². The number of amides is 1. The summed E-state index contributed by atoms with van der Waals surface area (Å²) in [6.45, 7) is 4.73. The topological polar surface area (TPSA) is 46.6 Å². The summed E-state index contributed by atoms with van der Waals surface area (Å²) in [5.74, 6) is 0.870. The highest BCUT2D eigenvalue weighted by Crippen LogP contribution is 2.29. The van der Waals surface area contributed by atoms with E-state index in [1.807, 2.05) is 56.3 Å². The van der Waals surface area contributed by atoms with Crippen LogP contribution in [-0.4, -0.2) is 10.8 Å². The zero-order valence-corrected chi connectivity index (χ0v) is 16.5. The molecule has 28 heavy (non-hydrogen) atoms. The molecule has 142 valence electrons. The lowest BCUT2D eigenvalue weighted by molar-refractivity contribution is 0.0686. The molecule has 0 aliphatic heterocycles. The minimum Gasteiger partial charge on any atom is -0.467 e. The van der Waals surface area contributed by atoms with Crippen LogP contribution in [0.25, 0.3) is 11.0 Å². The van der Waals surface area contributed by atoms with Crippen LogP contribution in [0.2, 0.25) is 5.02 Å².